The summed E-state index contributed by atoms with van der Waals surface area (Å²) in [6.07, 6.45) is 21.8. The zero-order valence-corrected chi connectivity index (χ0v) is 14.7. The molecular weight excluding hydrogens is 284 g/mol. The zero-order chi connectivity index (χ0) is 16.1. The minimum absolute atomic E-state index is 0.325. The SMILES string of the molecule is CCCCCC/C=C/[C@@H]1[C@@H](C/C=C\CCCCO)[C@H]2[C@H]3O[C@@H]1[C@H]32. The van der Waals surface area contributed by atoms with Gasteiger partial charge in [0.05, 0.1) is 12.2 Å². The Morgan fingerprint density at radius 2 is 1.70 bits per heavy atom. The first kappa shape index (κ1) is 17.2. The van der Waals surface area contributed by atoms with Gasteiger partial charge in [-0.1, -0.05) is 50.5 Å². The highest BCUT2D eigenvalue weighted by Gasteiger charge is 2.75. The predicted octanol–water partition coefficient (Wildman–Crippen LogP) is 4.88. The first-order valence-corrected chi connectivity index (χ1v) is 9.96. The minimum Gasteiger partial charge on any atom is -0.396 e. The quantitative estimate of drug-likeness (QED) is 0.410. The fourth-order valence-corrected chi connectivity index (χ4v) is 4.73. The Morgan fingerprint density at radius 3 is 2.52 bits per heavy atom. The molecule has 130 valence electrons. The minimum atomic E-state index is 0.325. The Morgan fingerprint density at radius 1 is 0.870 bits per heavy atom. The number of hydrogen-bond acceptors (Lipinski definition) is 2. The van der Waals surface area contributed by atoms with E-state index < -0.39 is 0 Å². The molecule has 1 heterocycles. The van der Waals surface area contributed by atoms with E-state index >= 15 is 0 Å². The molecule has 0 aromatic rings. The molecule has 2 saturated carbocycles. The summed E-state index contributed by atoms with van der Waals surface area (Å²) in [6.45, 7) is 2.60. The molecule has 0 radical (unpaired) electrons. The van der Waals surface area contributed by atoms with Gasteiger partial charge in [-0.25, -0.2) is 0 Å². The normalized spacial score (nSPS) is 37.5. The molecule has 3 fully saturated rings. The van der Waals surface area contributed by atoms with Crippen molar-refractivity contribution in [1.29, 1.82) is 0 Å². The molecule has 2 nitrogen and oxygen atoms in total. The molecule has 1 N–H and O–H groups in total. The monoisotopic (exact) mass is 318 g/mol. The average molecular weight is 319 g/mol. The van der Waals surface area contributed by atoms with E-state index in [0.29, 0.717) is 24.7 Å². The summed E-state index contributed by atoms with van der Waals surface area (Å²) in [6, 6.07) is 0. The number of fused-ring (bicyclic) bond motifs is 1. The second-order valence-corrected chi connectivity index (χ2v) is 7.67. The maximum absolute atomic E-state index is 8.81. The number of allylic oxidation sites excluding steroid dienone is 3. The molecule has 1 saturated heterocycles. The Bertz CT molecular complexity index is 414. The van der Waals surface area contributed by atoms with Gasteiger partial charge in [0.1, 0.15) is 0 Å². The van der Waals surface area contributed by atoms with Crippen molar-refractivity contribution in [3.05, 3.63) is 24.3 Å². The Kier molecular flexibility index (Phi) is 6.36. The van der Waals surface area contributed by atoms with Crippen molar-refractivity contribution in [1.82, 2.24) is 0 Å². The smallest absolute Gasteiger partial charge is 0.0701 e. The summed E-state index contributed by atoms with van der Waals surface area (Å²) in [4.78, 5) is 0. The van der Waals surface area contributed by atoms with Crippen LogP contribution in [0.3, 0.4) is 0 Å². The predicted molar refractivity (Wildman–Crippen MR) is 95.2 cm³/mol. The van der Waals surface area contributed by atoms with Gasteiger partial charge in [-0.3, -0.25) is 0 Å². The maximum Gasteiger partial charge on any atom is 0.0701 e. The van der Waals surface area contributed by atoms with Crippen LogP contribution in [-0.4, -0.2) is 23.9 Å². The number of hydrogen-bond donors (Lipinski definition) is 1. The van der Waals surface area contributed by atoms with Gasteiger partial charge in [-0.15, -0.1) is 0 Å². The van der Waals surface area contributed by atoms with Gasteiger partial charge in [0.15, 0.2) is 0 Å². The second-order valence-electron chi connectivity index (χ2n) is 7.67. The van der Waals surface area contributed by atoms with Gasteiger partial charge >= 0.3 is 0 Å². The largest absolute Gasteiger partial charge is 0.396 e. The van der Waals surface area contributed by atoms with E-state index in [9.17, 15) is 0 Å². The van der Waals surface area contributed by atoms with Crippen molar-refractivity contribution in [2.75, 3.05) is 6.61 Å². The molecule has 0 aromatic heterocycles. The molecule has 0 amide bonds. The summed E-state index contributed by atoms with van der Waals surface area (Å²) < 4.78 is 6.01. The molecule has 0 unspecified atom stereocenters. The van der Waals surface area contributed by atoms with Crippen molar-refractivity contribution >= 4 is 0 Å². The van der Waals surface area contributed by atoms with Crippen LogP contribution in [0.2, 0.25) is 0 Å². The van der Waals surface area contributed by atoms with Crippen LogP contribution in [0.25, 0.3) is 0 Å². The van der Waals surface area contributed by atoms with E-state index in [2.05, 4.69) is 31.2 Å². The second kappa shape index (κ2) is 8.48. The van der Waals surface area contributed by atoms with Crippen molar-refractivity contribution in [3.8, 4) is 0 Å². The molecular formula is C21H34O2. The van der Waals surface area contributed by atoms with Crippen LogP contribution in [0.15, 0.2) is 24.3 Å². The van der Waals surface area contributed by atoms with Gasteiger partial charge in [0.2, 0.25) is 0 Å². The molecule has 2 aliphatic carbocycles. The summed E-state index contributed by atoms with van der Waals surface area (Å²) in [5.74, 6) is 3.25. The van der Waals surface area contributed by atoms with Crippen LogP contribution in [0.5, 0.6) is 0 Å². The first-order valence-electron chi connectivity index (χ1n) is 9.96. The van der Waals surface area contributed by atoms with Crippen molar-refractivity contribution in [3.63, 3.8) is 0 Å². The Labute approximate surface area is 142 Å². The third-order valence-electron chi connectivity index (χ3n) is 6.06. The van der Waals surface area contributed by atoms with Crippen LogP contribution in [0.4, 0.5) is 0 Å². The van der Waals surface area contributed by atoms with E-state index in [0.717, 1.165) is 37.0 Å². The fraction of sp³-hybridized carbons (Fsp3) is 0.810. The lowest BCUT2D eigenvalue weighted by Crippen LogP contribution is -2.39. The zero-order valence-electron chi connectivity index (χ0n) is 14.7. The molecule has 2 heteroatoms. The Balaban J connectivity index is 1.40. The highest BCUT2D eigenvalue weighted by molar-refractivity contribution is 5.25. The van der Waals surface area contributed by atoms with Gasteiger partial charge in [0, 0.05) is 18.4 Å². The summed E-state index contributed by atoms with van der Waals surface area (Å²) in [5, 5.41) is 8.81. The number of rotatable bonds is 12. The topological polar surface area (TPSA) is 29.5 Å². The molecule has 3 rings (SSSR count). The lowest BCUT2D eigenvalue weighted by molar-refractivity contribution is -0.104. The fourth-order valence-electron chi connectivity index (χ4n) is 4.73. The summed E-state index contributed by atoms with van der Waals surface area (Å²) >= 11 is 0. The van der Waals surface area contributed by atoms with Crippen LogP contribution < -0.4 is 0 Å². The lowest BCUT2D eigenvalue weighted by atomic mass is 9.83. The van der Waals surface area contributed by atoms with Gasteiger partial charge < -0.3 is 9.84 Å². The van der Waals surface area contributed by atoms with E-state index in [1.165, 1.54) is 38.5 Å². The third kappa shape index (κ3) is 3.91. The van der Waals surface area contributed by atoms with E-state index in [1.54, 1.807) is 0 Å². The molecule has 0 bridgehead atoms. The number of unbranched alkanes of at least 4 members (excludes halogenated alkanes) is 6. The lowest BCUT2D eigenvalue weighted by Gasteiger charge is -2.35. The molecule has 6 atom stereocenters. The highest BCUT2D eigenvalue weighted by Crippen LogP contribution is 2.69. The number of aliphatic hydroxyl groups excluding tert-OH is 1. The molecule has 3 aliphatic rings. The summed E-state index contributed by atoms with van der Waals surface area (Å²) in [5.41, 5.74) is 0. The van der Waals surface area contributed by atoms with E-state index in [1.807, 2.05) is 0 Å². The molecule has 0 spiro atoms. The summed E-state index contributed by atoms with van der Waals surface area (Å²) in [7, 11) is 0. The third-order valence-corrected chi connectivity index (χ3v) is 6.06. The number of aliphatic hydroxyl groups is 1. The van der Waals surface area contributed by atoms with Crippen molar-refractivity contribution < 1.29 is 9.84 Å². The average Bonchev–Trinajstić information content (AvgIpc) is 3.04. The highest BCUT2D eigenvalue weighted by atomic mass is 16.5. The van der Waals surface area contributed by atoms with Gasteiger partial charge in [-0.2, -0.15) is 0 Å². The van der Waals surface area contributed by atoms with Crippen LogP contribution >= 0.6 is 0 Å². The van der Waals surface area contributed by atoms with Gasteiger partial charge in [-0.05, 0) is 50.4 Å². The van der Waals surface area contributed by atoms with Crippen LogP contribution in [-0.2, 0) is 4.74 Å². The Hall–Kier alpha value is -0.600. The van der Waals surface area contributed by atoms with Crippen molar-refractivity contribution in [2.24, 2.45) is 23.7 Å². The molecule has 0 aromatic carbocycles. The molecule has 23 heavy (non-hydrogen) atoms. The van der Waals surface area contributed by atoms with Gasteiger partial charge in [0.25, 0.3) is 0 Å². The van der Waals surface area contributed by atoms with Crippen molar-refractivity contribution in [2.45, 2.75) is 76.9 Å². The standard InChI is InChI=1S/C21H34O2/c1-2-3-4-5-7-11-14-17-16(13-10-8-6-9-12-15-22)18-19-20(17)23-21(18)19/h8,10-11,14,16-22H,2-7,9,12-13,15H2,1H3/b10-8-,14-11+/t16-,17-,18-,19-,20+,21-/m1/s1. The van der Waals surface area contributed by atoms with Crippen LogP contribution in [0, 0.1) is 23.7 Å². The van der Waals surface area contributed by atoms with Crippen LogP contribution in [0.1, 0.15) is 64.7 Å². The van der Waals surface area contributed by atoms with E-state index in [4.69, 9.17) is 9.84 Å². The van der Waals surface area contributed by atoms with E-state index in [-0.39, 0.29) is 0 Å². The number of ether oxygens (including phenoxy) is 1. The first-order chi connectivity index (χ1) is 11.4. The molecule has 1 aliphatic heterocycles. The maximum atomic E-state index is 8.81.